The van der Waals surface area contributed by atoms with Gasteiger partial charge in [0.2, 0.25) is 5.28 Å². The fourth-order valence-corrected chi connectivity index (χ4v) is 1.75. The number of nitrogens with one attached hydrogen (secondary N) is 1. The Labute approximate surface area is 123 Å². The monoisotopic (exact) mass is 315 g/mol. The van der Waals surface area contributed by atoms with Crippen LogP contribution in [0, 0.1) is 0 Å². The van der Waals surface area contributed by atoms with Crippen LogP contribution in [0.2, 0.25) is 5.28 Å². The van der Waals surface area contributed by atoms with E-state index < -0.39 is 28.6 Å². The molecule has 0 bridgehead atoms. The Balaban J connectivity index is 2.20. The molecule has 1 heterocycles. The van der Waals surface area contributed by atoms with Crippen LogP contribution in [0.25, 0.3) is 0 Å². The standard InChI is InChI=1S/C13H9ClF3N3O/c14-12-19-7-9(10(20-12)13(15,16)17)11(21)18-6-8-4-2-1-3-5-8/h1-5,7H,6H2,(H,18,21). The van der Waals surface area contributed by atoms with Crippen LogP contribution in [0.3, 0.4) is 0 Å². The van der Waals surface area contributed by atoms with Crippen molar-refractivity contribution in [3.8, 4) is 0 Å². The predicted molar refractivity (Wildman–Crippen MR) is 69.7 cm³/mol. The molecule has 0 aliphatic rings. The first-order valence-electron chi connectivity index (χ1n) is 5.80. The maximum atomic E-state index is 12.8. The Morgan fingerprint density at radius 1 is 1.24 bits per heavy atom. The van der Waals surface area contributed by atoms with E-state index in [9.17, 15) is 18.0 Å². The molecule has 1 N–H and O–H groups in total. The molecule has 1 aromatic carbocycles. The van der Waals surface area contributed by atoms with Gasteiger partial charge in [-0.25, -0.2) is 9.97 Å². The van der Waals surface area contributed by atoms with Crippen molar-refractivity contribution in [3.05, 3.63) is 58.6 Å². The number of aromatic nitrogens is 2. The largest absolute Gasteiger partial charge is 0.434 e. The number of amides is 1. The van der Waals surface area contributed by atoms with Crippen molar-refractivity contribution in [3.63, 3.8) is 0 Å². The molecular formula is C13H9ClF3N3O. The molecule has 2 rings (SSSR count). The third-order valence-corrected chi connectivity index (χ3v) is 2.75. The lowest BCUT2D eigenvalue weighted by atomic mass is 10.2. The molecule has 0 saturated heterocycles. The minimum Gasteiger partial charge on any atom is -0.348 e. The van der Waals surface area contributed by atoms with Crippen LogP contribution in [0.5, 0.6) is 0 Å². The molecule has 0 radical (unpaired) electrons. The van der Waals surface area contributed by atoms with Gasteiger partial charge in [0, 0.05) is 12.7 Å². The first kappa shape index (κ1) is 15.2. The summed E-state index contributed by atoms with van der Waals surface area (Å²) in [6.45, 7) is 0.0968. The molecule has 0 atom stereocenters. The number of carbonyl (C=O) groups is 1. The quantitative estimate of drug-likeness (QED) is 0.886. The Morgan fingerprint density at radius 3 is 2.52 bits per heavy atom. The summed E-state index contributed by atoms with van der Waals surface area (Å²) >= 11 is 5.35. The second-order valence-electron chi connectivity index (χ2n) is 4.07. The zero-order valence-corrected chi connectivity index (χ0v) is 11.2. The van der Waals surface area contributed by atoms with Gasteiger partial charge in [-0.05, 0) is 17.2 Å². The average molecular weight is 316 g/mol. The van der Waals surface area contributed by atoms with Crippen molar-refractivity contribution >= 4 is 17.5 Å². The highest BCUT2D eigenvalue weighted by molar-refractivity contribution is 6.28. The highest BCUT2D eigenvalue weighted by atomic mass is 35.5. The van der Waals surface area contributed by atoms with E-state index in [4.69, 9.17) is 11.6 Å². The molecule has 2 aromatic rings. The minimum atomic E-state index is -4.79. The van der Waals surface area contributed by atoms with Gasteiger partial charge in [-0.15, -0.1) is 0 Å². The number of hydrogen-bond donors (Lipinski definition) is 1. The fraction of sp³-hybridized carbons (Fsp3) is 0.154. The molecule has 1 aromatic heterocycles. The summed E-state index contributed by atoms with van der Waals surface area (Å²) in [5, 5.41) is 1.82. The Bertz CT molecular complexity index is 647. The molecule has 0 saturated carbocycles. The van der Waals surface area contributed by atoms with Crippen LogP contribution in [0.4, 0.5) is 13.2 Å². The van der Waals surface area contributed by atoms with Crippen LogP contribution in [0.1, 0.15) is 21.6 Å². The number of nitrogens with zero attached hydrogens (tertiary/aromatic N) is 2. The second kappa shape index (κ2) is 6.09. The summed E-state index contributed by atoms with van der Waals surface area (Å²) < 4.78 is 38.5. The molecule has 0 fully saturated rings. The first-order valence-corrected chi connectivity index (χ1v) is 6.17. The number of hydrogen-bond acceptors (Lipinski definition) is 3. The van der Waals surface area contributed by atoms with E-state index in [1.807, 2.05) is 0 Å². The number of alkyl halides is 3. The Kier molecular flexibility index (Phi) is 4.42. The maximum Gasteiger partial charge on any atom is 0.434 e. The molecule has 0 aliphatic heterocycles. The molecule has 0 unspecified atom stereocenters. The molecule has 21 heavy (non-hydrogen) atoms. The van der Waals surface area contributed by atoms with E-state index in [1.165, 1.54) is 0 Å². The number of benzene rings is 1. The Morgan fingerprint density at radius 2 is 1.90 bits per heavy atom. The molecule has 8 heteroatoms. The molecule has 1 amide bonds. The smallest absolute Gasteiger partial charge is 0.348 e. The van der Waals surface area contributed by atoms with Gasteiger partial charge >= 0.3 is 6.18 Å². The zero-order chi connectivity index (χ0) is 15.5. The molecule has 0 spiro atoms. The number of halogens is 4. The van der Waals surface area contributed by atoms with E-state index in [-0.39, 0.29) is 6.54 Å². The third kappa shape index (κ3) is 3.91. The third-order valence-electron chi connectivity index (χ3n) is 2.57. The lowest BCUT2D eigenvalue weighted by molar-refractivity contribution is -0.141. The van der Waals surface area contributed by atoms with E-state index >= 15 is 0 Å². The van der Waals surface area contributed by atoms with Gasteiger partial charge in [-0.3, -0.25) is 4.79 Å². The van der Waals surface area contributed by atoms with Crippen molar-refractivity contribution in [1.29, 1.82) is 0 Å². The van der Waals surface area contributed by atoms with Crippen LogP contribution >= 0.6 is 11.6 Å². The topological polar surface area (TPSA) is 54.9 Å². The van der Waals surface area contributed by atoms with E-state index in [1.54, 1.807) is 30.3 Å². The van der Waals surface area contributed by atoms with Crippen LogP contribution in [0.15, 0.2) is 36.5 Å². The SMILES string of the molecule is O=C(NCc1ccccc1)c1cnc(Cl)nc1C(F)(F)F. The minimum absolute atomic E-state index is 0.0968. The first-order chi connectivity index (χ1) is 9.88. The summed E-state index contributed by atoms with van der Waals surface area (Å²) in [6, 6.07) is 8.79. The predicted octanol–water partition coefficient (Wildman–Crippen LogP) is 3.08. The van der Waals surface area contributed by atoms with Gasteiger partial charge in [-0.1, -0.05) is 30.3 Å². The second-order valence-corrected chi connectivity index (χ2v) is 4.41. The summed E-state index contributed by atoms with van der Waals surface area (Å²) in [5.74, 6) is -0.914. The summed E-state index contributed by atoms with van der Waals surface area (Å²) in [5.41, 5.74) is -1.26. The van der Waals surface area contributed by atoms with Crippen LogP contribution in [-0.2, 0) is 12.7 Å². The fourth-order valence-electron chi connectivity index (χ4n) is 1.62. The summed E-state index contributed by atoms with van der Waals surface area (Å²) in [4.78, 5) is 18.4. The number of carbonyl (C=O) groups excluding carboxylic acids is 1. The summed E-state index contributed by atoms with van der Waals surface area (Å²) in [7, 11) is 0. The van der Waals surface area contributed by atoms with E-state index in [0.717, 1.165) is 11.8 Å². The lowest BCUT2D eigenvalue weighted by Crippen LogP contribution is -2.27. The van der Waals surface area contributed by atoms with Gasteiger partial charge in [-0.2, -0.15) is 13.2 Å². The van der Waals surface area contributed by atoms with Crippen molar-refractivity contribution in [2.45, 2.75) is 12.7 Å². The number of rotatable bonds is 3. The van der Waals surface area contributed by atoms with Gasteiger partial charge in [0.1, 0.15) is 0 Å². The van der Waals surface area contributed by atoms with Crippen molar-refractivity contribution in [1.82, 2.24) is 15.3 Å². The van der Waals surface area contributed by atoms with Crippen LogP contribution in [-0.4, -0.2) is 15.9 Å². The Hall–Kier alpha value is -2.15. The van der Waals surface area contributed by atoms with Crippen LogP contribution < -0.4 is 5.32 Å². The van der Waals surface area contributed by atoms with Gasteiger partial charge < -0.3 is 5.32 Å². The molecule has 4 nitrogen and oxygen atoms in total. The zero-order valence-electron chi connectivity index (χ0n) is 10.5. The van der Waals surface area contributed by atoms with Gasteiger partial charge in [0.15, 0.2) is 5.69 Å². The molecule has 110 valence electrons. The lowest BCUT2D eigenvalue weighted by Gasteiger charge is -2.11. The van der Waals surface area contributed by atoms with Gasteiger partial charge in [0.05, 0.1) is 5.56 Å². The molecule has 0 aliphatic carbocycles. The highest BCUT2D eigenvalue weighted by Crippen LogP contribution is 2.30. The van der Waals surface area contributed by atoms with E-state index in [2.05, 4.69) is 15.3 Å². The van der Waals surface area contributed by atoms with Gasteiger partial charge in [0.25, 0.3) is 5.91 Å². The van der Waals surface area contributed by atoms with Crippen molar-refractivity contribution in [2.75, 3.05) is 0 Å². The van der Waals surface area contributed by atoms with E-state index in [0.29, 0.717) is 0 Å². The molecular weight excluding hydrogens is 307 g/mol. The summed E-state index contributed by atoms with van der Waals surface area (Å²) in [6.07, 6.45) is -4.02. The van der Waals surface area contributed by atoms with Crippen molar-refractivity contribution in [2.24, 2.45) is 0 Å². The highest BCUT2D eigenvalue weighted by Gasteiger charge is 2.37. The maximum absolute atomic E-state index is 12.8. The normalized spacial score (nSPS) is 11.2. The van der Waals surface area contributed by atoms with Crippen molar-refractivity contribution < 1.29 is 18.0 Å². The average Bonchev–Trinajstić information content (AvgIpc) is 2.45.